The largest absolute Gasteiger partial charge is 0.489 e. The first-order chi connectivity index (χ1) is 15.2. The van der Waals surface area contributed by atoms with Crippen molar-refractivity contribution in [2.24, 2.45) is 5.73 Å². The third-order valence-electron chi connectivity index (χ3n) is 4.94. The van der Waals surface area contributed by atoms with Crippen molar-refractivity contribution in [3.8, 4) is 17.0 Å². The van der Waals surface area contributed by atoms with Crippen molar-refractivity contribution in [2.45, 2.75) is 26.5 Å². The molecule has 0 fully saturated rings. The van der Waals surface area contributed by atoms with Gasteiger partial charge in [-0.25, -0.2) is 0 Å². The molecule has 0 atom stereocenters. The maximum atomic E-state index is 11.9. The van der Waals surface area contributed by atoms with Crippen molar-refractivity contribution in [1.82, 2.24) is 14.6 Å². The first-order valence-corrected chi connectivity index (χ1v) is 10.2. The summed E-state index contributed by atoms with van der Waals surface area (Å²) in [6, 6.07) is 19.6. The maximum Gasteiger partial charge on any atom is 0.310 e. The number of carbonyl (C=O) groups excluding carboxylic acids is 1. The van der Waals surface area contributed by atoms with E-state index in [4.69, 9.17) is 15.2 Å². The molecule has 2 aromatic carbocycles. The normalized spacial score (nSPS) is 10.9. The molecule has 0 saturated carbocycles. The number of nitrogens with zero attached hydrogens (tertiary/aromatic N) is 3. The second kappa shape index (κ2) is 9.40. The Morgan fingerprint density at radius 1 is 1.06 bits per heavy atom. The smallest absolute Gasteiger partial charge is 0.310 e. The summed E-state index contributed by atoms with van der Waals surface area (Å²) in [6.45, 7) is 2.95. The summed E-state index contributed by atoms with van der Waals surface area (Å²) in [4.78, 5) is 11.9. The van der Waals surface area contributed by atoms with Crippen LogP contribution in [0.2, 0.25) is 0 Å². The van der Waals surface area contributed by atoms with Gasteiger partial charge in [0.2, 0.25) is 0 Å². The summed E-state index contributed by atoms with van der Waals surface area (Å²) in [5.74, 6) is 0.383. The van der Waals surface area contributed by atoms with Gasteiger partial charge in [-0.05, 0) is 47.9 Å². The van der Waals surface area contributed by atoms with Crippen LogP contribution in [0.3, 0.4) is 0 Å². The molecule has 0 aliphatic carbocycles. The van der Waals surface area contributed by atoms with E-state index in [9.17, 15) is 4.79 Å². The number of rotatable bonds is 8. The lowest BCUT2D eigenvalue weighted by Crippen LogP contribution is -2.09. The van der Waals surface area contributed by atoms with Gasteiger partial charge in [0.1, 0.15) is 18.7 Å². The second-order valence-electron chi connectivity index (χ2n) is 7.09. The Hall–Kier alpha value is -3.71. The van der Waals surface area contributed by atoms with Gasteiger partial charge in [-0.15, -0.1) is 10.2 Å². The van der Waals surface area contributed by atoms with Gasteiger partial charge < -0.3 is 15.2 Å². The first kappa shape index (κ1) is 20.6. The molecule has 0 aliphatic heterocycles. The molecule has 7 heteroatoms. The van der Waals surface area contributed by atoms with E-state index in [0.717, 1.165) is 33.6 Å². The summed E-state index contributed by atoms with van der Waals surface area (Å²) in [5, 5.41) is 8.26. The Morgan fingerprint density at radius 3 is 2.77 bits per heavy atom. The molecule has 0 aliphatic rings. The van der Waals surface area contributed by atoms with Crippen molar-refractivity contribution < 1.29 is 14.3 Å². The van der Waals surface area contributed by atoms with Gasteiger partial charge >= 0.3 is 5.97 Å². The molecular formula is C24H24N4O3. The van der Waals surface area contributed by atoms with Crippen molar-refractivity contribution in [2.75, 3.05) is 6.61 Å². The Kier molecular flexibility index (Phi) is 6.24. The minimum atomic E-state index is -0.273. The molecule has 7 nitrogen and oxygen atoms in total. The van der Waals surface area contributed by atoms with Crippen LogP contribution in [-0.2, 0) is 29.1 Å². The lowest BCUT2D eigenvalue weighted by molar-refractivity contribution is -0.142. The van der Waals surface area contributed by atoms with E-state index in [1.54, 1.807) is 13.3 Å². The number of fused-ring (bicyclic) bond motifs is 1. The number of nitrogens with two attached hydrogens (primary N) is 1. The molecule has 0 unspecified atom stereocenters. The summed E-state index contributed by atoms with van der Waals surface area (Å²) >= 11 is 0. The summed E-state index contributed by atoms with van der Waals surface area (Å²) in [6.07, 6.45) is 1.86. The number of esters is 1. The van der Waals surface area contributed by atoms with Crippen LogP contribution in [-0.4, -0.2) is 27.2 Å². The fourth-order valence-corrected chi connectivity index (χ4v) is 3.46. The van der Waals surface area contributed by atoms with Crippen molar-refractivity contribution in [1.29, 1.82) is 0 Å². The van der Waals surface area contributed by atoms with E-state index in [2.05, 4.69) is 22.3 Å². The number of ether oxygens (including phenoxy) is 2. The number of carbonyl (C=O) groups is 1. The Bertz CT molecular complexity index is 1200. The Morgan fingerprint density at radius 2 is 1.94 bits per heavy atom. The van der Waals surface area contributed by atoms with E-state index in [1.807, 2.05) is 52.9 Å². The molecule has 2 N–H and O–H groups in total. The summed E-state index contributed by atoms with van der Waals surface area (Å²) in [7, 11) is 0. The molecule has 0 amide bonds. The van der Waals surface area contributed by atoms with E-state index in [0.29, 0.717) is 25.5 Å². The molecule has 2 heterocycles. The van der Waals surface area contributed by atoms with Crippen LogP contribution in [0.4, 0.5) is 0 Å². The van der Waals surface area contributed by atoms with Gasteiger partial charge in [0.25, 0.3) is 0 Å². The summed E-state index contributed by atoms with van der Waals surface area (Å²) < 4.78 is 13.1. The first-order valence-electron chi connectivity index (χ1n) is 10.2. The fraction of sp³-hybridized carbons (Fsp3) is 0.208. The number of aromatic nitrogens is 3. The summed E-state index contributed by atoms with van der Waals surface area (Å²) in [5.41, 5.74) is 11.3. The highest BCUT2D eigenvalue weighted by atomic mass is 16.5. The third-order valence-corrected chi connectivity index (χ3v) is 4.94. The highest BCUT2D eigenvalue weighted by Crippen LogP contribution is 2.25. The van der Waals surface area contributed by atoms with Crippen molar-refractivity contribution in [3.05, 3.63) is 83.7 Å². The molecule has 31 heavy (non-hydrogen) atoms. The number of benzene rings is 2. The Labute approximate surface area is 180 Å². The molecule has 0 spiro atoms. The Balaban J connectivity index is 1.61. The van der Waals surface area contributed by atoms with E-state index in [1.165, 1.54) is 0 Å². The molecule has 2 aromatic heterocycles. The van der Waals surface area contributed by atoms with Crippen molar-refractivity contribution in [3.63, 3.8) is 0 Å². The zero-order valence-corrected chi connectivity index (χ0v) is 17.3. The quantitative estimate of drug-likeness (QED) is 0.442. The van der Waals surface area contributed by atoms with Gasteiger partial charge in [0.15, 0.2) is 5.65 Å². The minimum Gasteiger partial charge on any atom is -0.489 e. The highest BCUT2D eigenvalue weighted by Gasteiger charge is 2.12. The molecule has 4 aromatic rings. The van der Waals surface area contributed by atoms with Crippen LogP contribution >= 0.6 is 0 Å². The number of hydrogen-bond donors (Lipinski definition) is 1. The average Bonchev–Trinajstić information content (AvgIpc) is 3.27. The number of para-hydroxylation sites is 1. The molecule has 0 bridgehead atoms. The topological polar surface area (TPSA) is 91.7 Å². The highest BCUT2D eigenvalue weighted by molar-refractivity contribution is 5.73. The monoisotopic (exact) mass is 416 g/mol. The van der Waals surface area contributed by atoms with Gasteiger partial charge in [0.05, 0.1) is 18.7 Å². The van der Waals surface area contributed by atoms with Crippen LogP contribution in [0.15, 0.2) is 67.0 Å². The van der Waals surface area contributed by atoms with Crippen LogP contribution in [0.25, 0.3) is 16.9 Å². The van der Waals surface area contributed by atoms with Gasteiger partial charge in [-0.1, -0.05) is 36.4 Å². The number of pyridine rings is 1. The molecule has 4 rings (SSSR count). The second-order valence-corrected chi connectivity index (χ2v) is 7.09. The average molecular weight is 416 g/mol. The third kappa shape index (κ3) is 4.73. The zero-order chi connectivity index (χ0) is 21.6. The molecule has 0 saturated heterocycles. The van der Waals surface area contributed by atoms with Crippen LogP contribution in [0.1, 0.15) is 23.6 Å². The molecule has 158 valence electrons. The van der Waals surface area contributed by atoms with E-state index in [-0.39, 0.29) is 12.4 Å². The zero-order valence-electron chi connectivity index (χ0n) is 17.3. The van der Waals surface area contributed by atoms with Gasteiger partial charge in [-0.3, -0.25) is 9.20 Å². The maximum absolute atomic E-state index is 11.9. The van der Waals surface area contributed by atoms with Crippen LogP contribution in [0.5, 0.6) is 5.75 Å². The number of hydrogen-bond acceptors (Lipinski definition) is 6. The minimum absolute atomic E-state index is 0.171. The van der Waals surface area contributed by atoms with E-state index < -0.39 is 0 Å². The predicted octanol–water partition coefficient (Wildman–Crippen LogP) is 3.54. The van der Waals surface area contributed by atoms with Crippen molar-refractivity contribution >= 4 is 11.6 Å². The lowest BCUT2D eigenvalue weighted by Gasteiger charge is -2.13. The molecular weight excluding hydrogens is 392 g/mol. The van der Waals surface area contributed by atoms with Crippen LogP contribution in [0, 0.1) is 0 Å². The fourth-order valence-electron chi connectivity index (χ4n) is 3.46. The standard InChI is InChI=1S/C24H24N4O3/c1-2-30-24(29)13-20-7-3-4-9-22(20)31-15-18-11-21(28-16-26-27-23(28)12-18)19-8-5-6-17(10-19)14-25/h3-12,16H,2,13-15,25H2,1H3. The predicted molar refractivity (Wildman–Crippen MR) is 117 cm³/mol. The van der Waals surface area contributed by atoms with Gasteiger partial charge in [0, 0.05) is 12.1 Å². The van der Waals surface area contributed by atoms with Gasteiger partial charge in [-0.2, -0.15) is 0 Å². The molecule has 0 radical (unpaired) electrons. The SMILES string of the molecule is CCOC(=O)Cc1ccccc1OCc1cc(-c2cccc(CN)c2)n2cnnc2c1. The van der Waals surface area contributed by atoms with Crippen LogP contribution < -0.4 is 10.5 Å². The lowest BCUT2D eigenvalue weighted by atomic mass is 10.1. The van der Waals surface area contributed by atoms with E-state index >= 15 is 0 Å².